The molecule has 2 aromatic rings. The molecule has 0 atom stereocenters. The molecule has 1 heterocycles. The van der Waals surface area contributed by atoms with Gasteiger partial charge in [-0.25, -0.2) is 5.01 Å². The van der Waals surface area contributed by atoms with Crippen molar-refractivity contribution in [2.45, 2.75) is 32.1 Å². The largest absolute Gasteiger partial charge is 0.313 e. The molecule has 0 aliphatic heterocycles. The van der Waals surface area contributed by atoms with Crippen LogP contribution in [0, 0.1) is 11.3 Å². The fraction of sp³-hybridized carbons (Fsp3) is 0.350. The first-order valence-electron chi connectivity index (χ1n) is 8.94. The summed E-state index contributed by atoms with van der Waals surface area (Å²) in [5, 5.41) is 14.0. The molecule has 0 saturated heterocycles. The van der Waals surface area contributed by atoms with E-state index in [-0.39, 0.29) is 11.8 Å². The van der Waals surface area contributed by atoms with Crippen molar-refractivity contribution >= 4 is 28.2 Å². The topological polar surface area (TPSA) is 85.2 Å². The van der Waals surface area contributed by atoms with Gasteiger partial charge >= 0.3 is 0 Å². The number of fused-ring (bicyclic) bond motifs is 1. The quantitative estimate of drug-likeness (QED) is 0.627. The summed E-state index contributed by atoms with van der Waals surface area (Å²) in [6.45, 7) is 0. The summed E-state index contributed by atoms with van der Waals surface area (Å²) in [4.78, 5) is 26.6. The highest BCUT2D eigenvalue weighted by molar-refractivity contribution is 7.17. The molecule has 140 valence electrons. The van der Waals surface area contributed by atoms with Gasteiger partial charge in [0.05, 0.1) is 17.2 Å². The molecule has 27 heavy (non-hydrogen) atoms. The number of carbonyl (C=O) groups is 2. The number of benzene rings is 1. The highest BCUT2D eigenvalue weighted by Crippen LogP contribution is 2.37. The minimum absolute atomic E-state index is 0.200. The van der Waals surface area contributed by atoms with Crippen molar-refractivity contribution in [3.63, 3.8) is 0 Å². The summed E-state index contributed by atoms with van der Waals surface area (Å²) in [5.41, 5.74) is 5.39. The van der Waals surface area contributed by atoms with Gasteiger partial charge in [-0.3, -0.25) is 15.0 Å². The highest BCUT2D eigenvalue weighted by atomic mass is 32.1. The van der Waals surface area contributed by atoms with E-state index in [1.807, 2.05) is 6.07 Å². The molecule has 0 bridgehead atoms. The van der Waals surface area contributed by atoms with Gasteiger partial charge in [0.1, 0.15) is 5.00 Å². The number of carbonyl (C=O) groups excluding carboxylic acids is 2. The van der Waals surface area contributed by atoms with Crippen LogP contribution < -0.4 is 10.7 Å². The van der Waals surface area contributed by atoms with Crippen LogP contribution in [0.4, 0.5) is 5.00 Å². The molecular formula is C20H22N4O2S. The number of nitrogens with one attached hydrogen (secondary N) is 2. The normalized spacial score (nSPS) is 13.4. The molecule has 6 nitrogen and oxygen atoms in total. The Labute approximate surface area is 162 Å². The predicted octanol–water partition coefficient (Wildman–Crippen LogP) is 3.35. The molecule has 0 radical (unpaired) electrons. The van der Waals surface area contributed by atoms with Gasteiger partial charge in [-0.05, 0) is 55.5 Å². The third-order valence-electron chi connectivity index (χ3n) is 4.48. The third-order valence-corrected chi connectivity index (χ3v) is 5.68. The third kappa shape index (κ3) is 4.35. The number of rotatable bonds is 4. The Hall–Kier alpha value is -2.69. The van der Waals surface area contributed by atoms with Crippen molar-refractivity contribution in [1.82, 2.24) is 10.4 Å². The number of nitrogens with zero attached hydrogens (tertiary/aromatic N) is 2. The number of thiophene rings is 1. The summed E-state index contributed by atoms with van der Waals surface area (Å²) in [6.07, 6.45) is 5.10. The van der Waals surface area contributed by atoms with Gasteiger partial charge in [0, 0.05) is 24.5 Å². The molecule has 0 fully saturated rings. The lowest BCUT2D eigenvalue weighted by molar-refractivity contribution is 0.0857. The zero-order valence-electron chi connectivity index (χ0n) is 15.5. The zero-order chi connectivity index (χ0) is 19.4. The predicted molar refractivity (Wildman–Crippen MR) is 106 cm³/mol. The maximum atomic E-state index is 12.8. The van der Waals surface area contributed by atoms with Gasteiger partial charge in [0.25, 0.3) is 11.8 Å². The molecule has 1 aliphatic carbocycles. The Morgan fingerprint density at radius 1 is 1.07 bits per heavy atom. The van der Waals surface area contributed by atoms with E-state index in [0.717, 1.165) is 37.7 Å². The van der Waals surface area contributed by atoms with Crippen LogP contribution in [-0.4, -0.2) is 30.9 Å². The number of hydrogen-bond acceptors (Lipinski definition) is 5. The monoisotopic (exact) mass is 382 g/mol. The number of nitriles is 1. The maximum absolute atomic E-state index is 12.8. The number of aryl methyl sites for hydroxylation is 1. The molecule has 0 saturated carbocycles. The molecule has 3 rings (SSSR count). The van der Waals surface area contributed by atoms with Crippen LogP contribution in [0.15, 0.2) is 24.3 Å². The molecule has 0 unspecified atom stereocenters. The lowest BCUT2D eigenvalue weighted by Gasteiger charge is -2.14. The van der Waals surface area contributed by atoms with E-state index in [1.165, 1.54) is 16.2 Å². The lowest BCUT2D eigenvalue weighted by atomic mass is 10.0. The van der Waals surface area contributed by atoms with E-state index in [9.17, 15) is 9.59 Å². The van der Waals surface area contributed by atoms with Crippen molar-refractivity contribution < 1.29 is 9.59 Å². The van der Waals surface area contributed by atoms with Crippen molar-refractivity contribution in [3.05, 3.63) is 51.4 Å². The molecule has 7 heteroatoms. The Balaban J connectivity index is 1.92. The lowest BCUT2D eigenvalue weighted by Crippen LogP contribution is -2.36. The van der Waals surface area contributed by atoms with E-state index in [4.69, 9.17) is 5.26 Å². The summed E-state index contributed by atoms with van der Waals surface area (Å²) in [7, 11) is 3.52. The SMILES string of the molecule is CN(C)NC(=O)c1c(NC(=O)c2ccc(C#N)cc2)sc2c1CCCCC2. The Kier molecular flexibility index (Phi) is 5.89. The Morgan fingerprint density at radius 2 is 1.78 bits per heavy atom. The number of hydrazine groups is 1. The van der Waals surface area contributed by atoms with Gasteiger partial charge in [-0.1, -0.05) is 6.42 Å². The van der Waals surface area contributed by atoms with Crippen LogP contribution in [-0.2, 0) is 12.8 Å². The standard InChI is InChI=1S/C20H22N4O2S/c1-24(2)23-19(26)17-15-6-4-3-5-7-16(15)27-20(17)22-18(25)14-10-8-13(12-21)9-11-14/h8-11H,3-7H2,1-2H3,(H,22,25)(H,23,26). The molecule has 1 aromatic heterocycles. The minimum Gasteiger partial charge on any atom is -0.313 e. The van der Waals surface area contributed by atoms with Gasteiger partial charge in [-0.2, -0.15) is 5.26 Å². The fourth-order valence-corrected chi connectivity index (χ4v) is 4.48. The first kappa shape index (κ1) is 19.1. The second-order valence-electron chi connectivity index (χ2n) is 6.75. The van der Waals surface area contributed by atoms with E-state index >= 15 is 0 Å². The summed E-state index contributed by atoms with van der Waals surface area (Å²) in [5.74, 6) is -0.482. The first-order valence-corrected chi connectivity index (χ1v) is 9.75. The molecule has 0 spiro atoms. The average molecular weight is 382 g/mol. The van der Waals surface area contributed by atoms with Crippen LogP contribution in [0.5, 0.6) is 0 Å². The smallest absolute Gasteiger partial charge is 0.268 e. The number of amides is 2. The molecular weight excluding hydrogens is 360 g/mol. The van der Waals surface area contributed by atoms with E-state index < -0.39 is 0 Å². The van der Waals surface area contributed by atoms with E-state index in [0.29, 0.717) is 21.7 Å². The first-order chi connectivity index (χ1) is 13.0. The summed E-state index contributed by atoms with van der Waals surface area (Å²) in [6, 6.07) is 8.49. The van der Waals surface area contributed by atoms with Gasteiger partial charge in [0.15, 0.2) is 0 Å². The van der Waals surface area contributed by atoms with Gasteiger partial charge < -0.3 is 5.32 Å². The zero-order valence-corrected chi connectivity index (χ0v) is 16.3. The van der Waals surface area contributed by atoms with Crippen LogP contribution in [0.2, 0.25) is 0 Å². The van der Waals surface area contributed by atoms with Crippen LogP contribution in [0.25, 0.3) is 0 Å². The van der Waals surface area contributed by atoms with Crippen molar-refractivity contribution in [1.29, 1.82) is 5.26 Å². The van der Waals surface area contributed by atoms with Crippen molar-refractivity contribution in [2.24, 2.45) is 0 Å². The Bertz CT molecular complexity index is 894. The second kappa shape index (κ2) is 8.33. The molecule has 2 N–H and O–H groups in total. The van der Waals surface area contributed by atoms with Crippen molar-refractivity contribution in [2.75, 3.05) is 19.4 Å². The number of hydrogen-bond donors (Lipinski definition) is 2. The van der Waals surface area contributed by atoms with Crippen LogP contribution in [0.1, 0.15) is 56.0 Å². The van der Waals surface area contributed by atoms with Gasteiger partial charge in [-0.15, -0.1) is 11.3 Å². The fourth-order valence-electron chi connectivity index (χ4n) is 3.20. The number of anilines is 1. The van der Waals surface area contributed by atoms with Crippen molar-refractivity contribution in [3.8, 4) is 6.07 Å². The van der Waals surface area contributed by atoms with E-state index in [2.05, 4.69) is 10.7 Å². The maximum Gasteiger partial charge on any atom is 0.268 e. The molecule has 1 aromatic carbocycles. The summed E-state index contributed by atoms with van der Waals surface area (Å²) >= 11 is 1.50. The highest BCUT2D eigenvalue weighted by Gasteiger charge is 2.26. The molecule has 1 aliphatic rings. The van der Waals surface area contributed by atoms with Gasteiger partial charge in [0.2, 0.25) is 0 Å². The van der Waals surface area contributed by atoms with E-state index in [1.54, 1.807) is 43.4 Å². The Morgan fingerprint density at radius 3 is 2.44 bits per heavy atom. The van der Waals surface area contributed by atoms with Crippen LogP contribution in [0.3, 0.4) is 0 Å². The summed E-state index contributed by atoms with van der Waals surface area (Å²) < 4.78 is 0. The second-order valence-corrected chi connectivity index (χ2v) is 7.85. The minimum atomic E-state index is -0.283. The van der Waals surface area contributed by atoms with Crippen LogP contribution >= 0.6 is 11.3 Å². The molecule has 2 amide bonds. The average Bonchev–Trinajstić information content (AvgIpc) is 2.82.